The van der Waals surface area contributed by atoms with Gasteiger partial charge in [0.25, 0.3) is 0 Å². The average molecular weight is 665 g/mol. The van der Waals surface area contributed by atoms with Gasteiger partial charge in [0.15, 0.2) is 0 Å². The zero-order chi connectivity index (χ0) is 32.7. The van der Waals surface area contributed by atoms with Gasteiger partial charge in [0, 0.05) is 10.6 Å². The molecule has 0 aliphatic heterocycles. The maximum Gasteiger partial charge on any atom is 0.127 e. The van der Waals surface area contributed by atoms with Gasteiger partial charge >= 0.3 is 0 Å². The molecule has 0 aromatic heterocycles. The van der Waals surface area contributed by atoms with E-state index in [0.29, 0.717) is 11.8 Å². The minimum Gasteiger partial charge on any atom is -0.496 e. The fourth-order valence-corrected chi connectivity index (χ4v) is 12.2. The highest BCUT2D eigenvalue weighted by molar-refractivity contribution is 7.80. The van der Waals surface area contributed by atoms with E-state index in [1.54, 1.807) is 0 Å². The molecule has 7 rings (SSSR count). The lowest BCUT2D eigenvalue weighted by atomic mass is 9.72. The summed E-state index contributed by atoms with van der Waals surface area (Å²) in [7, 11) is 2.04. The summed E-state index contributed by atoms with van der Waals surface area (Å²) in [6, 6.07) is 57.9. The Balaban J connectivity index is 1.32. The molecule has 240 valence electrons. The Kier molecular flexibility index (Phi) is 10.3. The molecule has 2 unspecified atom stereocenters. The second kappa shape index (κ2) is 15.3. The number of rotatable bonds is 10. The quantitative estimate of drug-likeness (QED) is 0.137. The normalized spacial score (nSPS) is 16.2. The summed E-state index contributed by atoms with van der Waals surface area (Å²) in [6.07, 6.45) is 4.86. The van der Waals surface area contributed by atoms with E-state index in [4.69, 9.17) is 9.47 Å². The van der Waals surface area contributed by atoms with Crippen molar-refractivity contribution in [2.45, 2.75) is 37.5 Å². The van der Waals surface area contributed by atoms with Crippen molar-refractivity contribution in [3.63, 3.8) is 0 Å². The van der Waals surface area contributed by atoms with Crippen molar-refractivity contribution in [3.8, 4) is 11.5 Å². The molecule has 1 aliphatic rings. The molecule has 6 aromatic carbocycles. The molecule has 0 N–H and O–H groups in total. The predicted octanol–water partition coefficient (Wildman–Crippen LogP) is 8.66. The zero-order valence-electron chi connectivity index (χ0n) is 27.7. The minimum absolute atomic E-state index is 0.424. The molecule has 4 heteroatoms. The summed E-state index contributed by atoms with van der Waals surface area (Å²) >= 11 is 0. The van der Waals surface area contributed by atoms with Gasteiger partial charge < -0.3 is 9.47 Å². The fraction of sp³-hybridized carbons (Fsp3) is 0.182. The highest BCUT2D eigenvalue weighted by Gasteiger charge is 2.31. The third-order valence-corrected chi connectivity index (χ3v) is 14.5. The molecule has 1 aliphatic carbocycles. The molecule has 0 spiro atoms. The van der Waals surface area contributed by atoms with Gasteiger partial charge in [-0.2, -0.15) is 0 Å². The Morgan fingerprint density at radius 2 is 0.729 bits per heavy atom. The van der Waals surface area contributed by atoms with Gasteiger partial charge in [-0.15, -0.1) is 0 Å². The Morgan fingerprint density at radius 1 is 0.417 bits per heavy atom. The fourth-order valence-electron chi connectivity index (χ4n) is 7.32. The van der Waals surface area contributed by atoms with Crippen LogP contribution in [0, 0.1) is 0 Å². The van der Waals surface area contributed by atoms with Gasteiger partial charge in [0.2, 0.25) is 0 Å². The van der Waals surface area contributed by atoms with Crippen LogP contribution in [0.3, 0.4) is 0 Å². The van der Waals surface area contributed by atoms with Crippen molar-refractivity contribution in [1.82, 2.24) is 0 Å². The maximum atomic E-state index is 6.08. The first-order valence-corrected chi connectivity index (χ1v) is 19.6. The van der Waals surface area contributed by atoms with Crippen LogP contribution in [-0.4, -0.2) is 14.2 Å². The van der Waals surface area contributed by atoms with Crippen LogP contribution in [0.1, 0.15) is 48.6 Å². The third kappa shape index (κ3) is 6.84. The van der Waals surface area contributed by atoms with Crippen LogP contribution in [0.5, 0.6) is 11.5 Å². The highest BCUT2D eigenvalue weighted by Crippen LogP contribution is 2.47. The summed E-state index contributed by atoms with van der Waals surface area (Å²) in [5.74, 6) is 2.78. The van der Waals surface area contributed by atoms with Crippen LogP contribution < -0.4 is 41.3 Å². The van der Waals surface area contributed by atoms with Crippen LogP contribution in [0.4, 0.5) is 0 Å². The van der Waals surface area contributed by atoms with Gasteiger partial charge in [-0.05, 0) is 97.1 Å². The second-order valence-corrected chi connectivity index (χ2v) is 16.7. The monoisotopic (exact) mass is 664 g/mol. The molecule has 0 heterocycles. The van der Waals surface area contributed by atoms with Crippen LogP contribution in [0.25, 0.3) is 0 Å². The molecular weight excluding hydrogens is 622 g/mol. The molecule has 1 saturated carbocycles. The summed E-state index contributed by atoms with van der Waals surface area (Å²) in [5, 5.41) is 7.93. The van der Waals surface area contributed by atoms with E-state index in [0.717, 1.165) is 11.5 Å². The molecule has 0 bridgehead atoms. The van der Waals surface area contributed by atoms with E-state index in [-0.39, 0.29) is 0 Å². The molecule has 6 aromatic rings. The van der Waals surface area contributed by atoms with Crippen LogP contribution in [-0.2, 0) is 0 Å². The van der Waals surface area contributed by atoms with E-state index in [1.165, 1.54) is 68.6 Å². The summed E-state index contributed by atoms with van der Waals surface area (Å²) < 4.78 is 12.2. The van der Waals surface area contributed by atoms with Crippen molar-refractivity contribution in [3.05, 3.63) is 169 Å². The largest absolute Gasteiger partial charge is 0.496 e. The van der Waals surface area contributed by atoms with E-state index in [9.17, 15) is 0 Å². The van der Waals surface area contributed by atoms with Gasteiger partial charge in [0.1, 0.15) is 11.5 Å². The number of methoxy groups -OCH3 is 2. The van der Waals surface area contributed by atoms with Crippen LogP contribution in [0.2, 0.25) is 0 Å². The summed E-state index contributed by atoms with van der Waals surface area (Å²) in [5.41, 5.74) is 2.83. The lowest BCUT2D eigenvalue weighted by Gasteiger charge is -2.34. The van der Waals surface area contributed by atoms with E-state index in [2.05, 4.69) is 158 Å². The topological polar surface area (TPSA) is 18.5 Å². The minimum atomic E-state index is -0.789. The first kappa shape index (κ1) is 32.3. The molecule has 2 atom stereocenters. The number of hydrogen-bond acceptors (Lipinski definition) is 2. The summed E-state index contributed by atoms with van der Waals surface area (Å²) in [6.45, 7) is 0. The van der Waals surface area contributed by atoms with Crippen molar-refractivity contribution in [2.75, 3.05) is 14.2 Å². The smallest absolute Gasteiger partial charge is 0.127 e. The molecule has 0 radical (unpaired) electrons. The number of hydrogen-bond donors (Lipinski definition) is 0. The Labute approximate surface area is 288 Å². The second-order valence-electron chi connectivity index (χ2n) is 12.4. The molecule has 0 amide bonds. The molecular formula is C44H42O2P2. The van der Waals surface area contributed by atoms with Crippen molar-refractivity contribution >= 4 is 47.7 Å². The number of benzene rings is 6. The molecule has 1 fully saturated rings. The van der Waals surface area contributed by atoms with Crippen molar-refractivity contribution < 1.29 is 9.47 Å². The maximum absolute atomic E-state index is 6.08. The van der Waals surface area contributed by atoms with Crippen LogP contribution in [0.15, 0.2) is 158 Å². The van der Waals surface area contributed by atoms with Crippen molar-refractivity contribution in [2.24, 2.45) is 0 Å². The van der Waals surface area contributed by atoms with Gasteiger partial charge in [-0.1, -0.05) is 146 Å². The van der Waals surface area contributed by atoms with Gasteiger partial charge in [0.05, 0.1) is 14.2 Å². The van der Waals surface area contributed by atoms with E-state index < -0.39 is 15.8 Å². The molecule has 0 saturated heterocycles. The highest BCUT2D eigenvalue weighted by atomic mass is 31.1. The lowest BCUT2D eigenvalue weighted by molar-refractivity contribution is 0.384. The Morgan fingerprint density at radius 3 is 1.02 bits per heavy atom. The third-order valence-electron chi connectivity index (χ3n) is 9.57. The van der Waals surface area contributed by atoms with Crippen molar-refractivity contribution in [1.29, 1.82) is 0 Å². The zero-order valence-corrected chi connectivity index (χ0v) is 29.5. The first-order chi connectivity index (χ1) is 23.7. The lowest BCUT2D eigenvalue weighted by Crippen LogP contribution is -2.25. The Hall–Kier alpha value is -4.22. The van der Waals surface area contributed by atoms with E-state index in [1.807, 2.05) is 14.2 Å². The van der Waals surface area contributed by atoms with Gasteiger partial charge in [-0.25, -0.2) is 0 Å². The SMILES string of the molecule is COc1ccc(C2CCCCC2c2ccc(OC)c(P(c3ccccc3)c3ccccc3)c2)cc1P(c1ccccc1)c1ccccc1. The molecule has 48 heavy (non-hydrogen) atoms. The summed E-state index contributed by atoms with van der Waals surface area (Å²) in [4.78, 5) is 0. The Bertz CT molecular complexity index is 1690. The number of ether oxygens (including phenoxy) is 2. The standard InChI is InChI=1S/C44H42O2P2/c1-45-41-29-27-33(31-43(41)47(35-17-7-3-8-18-35)36-19-9-4-10-20-36)39-25-15-16-26-40(39)34-28-30-42(46-2)44(32-34)48(37-21-11-5-12-22-37)38-23-13-6-14-24-38/h3-14,17-24,27-32,39-40H,15-16,25-26H2,1-2H3. The predicted molar refractivity (Wildman–Crippen MR) is 207 cm³/mol. The average Bonchev–Trinajstić information content (AvgIpc) is 3.17. The van der Waals surface area contributed by atoms with E-state index >= 15 is 0 Å². The van der Waals surface area contributed by atoms with Crippen LogP contribution >= 0.6 is 15.8 Å². The molecule has 2 nitrogen and oxygen atoms in total. The first-order valence-electron chi connectivity index (χ1n) is 16.9. The van der Waals surface area contributed by atoms with Gasteiger partial charge in [-0.3, -0.25) is 0 Å².